The molecule has 6 nitrogen and oxygen atoms in total. The minimum absolute atomic E-state index is 0.0151. The van der Waals surface area contributed by atoms with Gasteiger partial charge in [-0.2, -0.15) is 0 Å². The van der Waals surface area contributed by atoms with Crippen molar-refractivity contribution in [3.8, 4) is 11.5 Å². The van der Waals surface area contributed by atoms with Crippen molar-refractivity contribution in [1.82, 2.24) is 4.90 Å². The molecule has 3 heterocycles. The molecule has 140 valence electrons. The highest BCUT2D eigenvalue weighted by molar-refractivity contribution is 6.32. The van der Waals surface area contributed by atoms with E-state index < -0.39 is 0 Å². The van der Waals surface area contributed by atoms with Crippen molar-refractivity contribution in [2.24, 2.45) is 0 Å². The molecule has 5 rings (SSSR count). The summed E-state index contributed by atoms with van der Waals surface area (Å²) in [4.78, 5) is 15.1. The molecule has 0 aliphatic carbocycles. The van der Waals surface area contributed by atoms with Gasteiger partial charge in [-0.05, 0) is 37.1 Å². The molecule has 27 heavy (non-hydrogen) atoms. The summed E-state index contributed by atoms with van der Waals surface area (Å²) in [7, 11) is 0. The quantitative estimate of drug-likeness (QED) is 0.869. The number of para-hydroxylation sites is 1. The van der Waals surface area contributed by atoms with Crippen LogP contribution in [0.25, 0.3) is 0 Å². The molecule has 1 saturated heterocycles. The summed E-state index contributed by atoms with van der Waals surface area (Å²) in [5.41, 5.74) is 2.33. The van der Waals surface area contributed by atoms with E-state index in [-0.39, 0.29) is 25.0 Å². The van der Waals surface area contributed by atoms with Gasteiger partial charge >= 0.3 is 0 Å². The number of hydrogen-bond donors (Lipinski definition) is 1. The molecule has 0 saturated carbocycles. The Balaban J connectivity index is 1.55. The van der Waals surface area contributed by atoms with E-state index in [0.717, 1.165) is 30.7 Å². The fourth-order valence-corrected chi connectivity index (χ4v) is 4.17. The van der Waals surface area contributed by atoms with E-state index in [0.29, 0.717) is 28.6 Å². The lowest BCUT2D eigenvalue weighted by Crippen LogP contribution is -2.46. The molecule has 0 bridgehead atoms. The molecule has 2 aromatic carbocycles. The number of anilines is 1. The number of fused-ring (bicyclic) bond motifs is 2. The van der Waals surface area contributed by atoms with Gasteiger partial charge in [0.1, 0.15) is 6.17 Å². The summed E-state index contributed by atoms with van der Waals surface area (Å²) < 4.78 is 16.7. The molecule has 0 spiro atoms. The summed E-state index contributed by atoms with van der Waals surface area (Å²) in [6, 6.07) is 11.3. The average Bonchev–Trinajstić information content (AvgIpc) is 3.35. The van der Waals surface area contributed by atoms with Crippen molar-refractivity contribution in [2.75, 3.05) is 25.3 Å². The Kier molecular flexibility index (Phi) is 4.10. The Morgan fingerprint density at radius 1 is 1.22 bits per heavy atom. The van der Waals surface area contributed by atoms with E-state index in [4.69, 9.17) is 25.8 Å². The highest BCUT2D eigenvalue weighted by Gasteiger charge is 2.36. The standard InChI is InChI=1S/C20H19ClN2O4/c21-15-8-12(9-17-18(15)27-11-26-17)19-22-16-6-2-1-5-14(16)20(24)23(19)10-13-4-3-7-25-13/h1-2,5-6,8-9,13,19,22H,3-4,7,10-11H2. The molecule has 0 radical (unpaired) electrons. The topological polar surface area (TPSA) is 60.0 Å². The van der Waals surface area contributed by atoms with Gasteiger partial charge in [0.25, 0.3) is 5.91 Å². The number of amides is 1. The second-order valence-electron chi connectivity index (χ2n) is 6.92. The molecule has 2 aromatic rings. The molecule has 1 fully saturated rings. The van der Waals surface area contributed by atoms with Crippen LogP contribution < -0.4 is 14.8 Å². The first-order valence-electron chi connectivity index (χ1n) is 9.08. The SMILES string of the molecule is O=C1c2ccccc2NC(c2cc(Cl)c3c(c2)OCO3)N1CC1CCCO1. The first kappa shape index (κ1) is 16.7. The second-order valence-corrected chi connectivity index (χ2v) is 7.33. The van der Waals surface area contributed by atoms with Crippen LogP contribution in [-0.2, 0) is 4.74 Å². The zero-order valence-electron chi connectivity index (χ0n) is 14.6. The van der Waals surface area contributed by atoms with Crippen LogP contribution in [0.15, 0.2) is 36.4 Å². The Morgan fingerprint density at radius 2 is 2.11 bits per heavy atom. The average molecular weight is 387 g/mol. The largest absolute Gasteiger partial charge is 0.454 e. The minimum atomic E-state index is -0.358. The fraction of sp³-hybridized carbons (Fsp3) is 0.350. The number of benzene rings is 2. The summed E-state index contributed by atoms with van der Waals surface area (Å²) in [6.07, 6.45) is 1.67. The number of carbonyl (C=O) groups is 1. The predicted molar refractivity (Wildman–Crippen MR) is 100 cm³/mol. The molecular formula is C20H19ClN2O4. The minimum Gasteiger partial charge on any atom is -0.454 e. The summed E-state index contributed by atoms with van der Waals surface area (Å²) in [6.45, 7) is 1.42. The van der Waals surface area contributed by atoms with Crippen molar-refractivity contribution in [1.29, 1.82) is 0 Å². The van der Waals surface area contributed by atoms with Crippen LogP contribution in [0.5, 0.6) is 11.5 Å². The van der Waals surface area contributed by atoms with Gasteiger partial charge < -0.3 is 24.4 Å². The van der Waals surface area contributed by atoms with Gasteiger partial charge in [0.15, 0.2) is 11.5 Å². The fourth-order valence-electron chi connectivity index (χ4n) is 3.90. The van der Waals surface area contributed by atoms with Crippen LogP contribution in [0.4, 0.5) is 5.69 Å². The van der Waals surface area contributed by atoms with Crippen LogP contribution in [0.2, 0.25) is 5.02 Å². The maximum Gasteiger partial charge on any atom is 0.257 e. The van der Waals surface area contributed by atoms with Gasteiger partial charge in [-0.1, -0.05) is 23.7 Å². The third kappa shape index (κ3) is 2.89. The molecule has 2 atom stereocenters. The van der Waals surface area contributed by atoms with Gasteiger partial charge in [0.2, 0.25) is 6.79 Å². The van der Waals surface area contributed by atoms with Crippen LogP contribution in [0, 0.1) is 0 Å². The molecule has 2 unspecified atom stereocenters. The number of ether oxygens (including phenoxy) is 3. The predicted octanol–water partition coefficient (Wildman–Crippen LogP) is 3.81. The summed E-state index contributed by atoms with van der Waals surface area (Å²) in [5, 5.41) is 3.96. The van der Waals surface area contributed by atoms with Crippen LogP contribution in [0.1, 0.15) is 34.9 Å². The zero-order valence-corrected chi connectivity index (χ0v) is 15.4. The van der Waals surface area contributed by atoms with Gasteiger partial charge in [-0.3, -0.25) is 4.79 Å². The van der Waals surface area contributed by atoms with Gasteiger partial charge in [0, 0.05) is 24.4 Å². The Bertz CT molecular complexity index is 898. The number of halogens is 1. The maximum absolute atomic E-state index is 13.2. The number of carbonyl (C=O) groups excluding carboxylic acids is 1. The third-order valence-corrected chi connectivity index (χ3v) is 5.49. The van der Waals surface area contributed by atoms with E-state index in [2.05, 4.69) is 5.32 Å². The monoisotopic (exact) mass is 386 g/mol. The first-order chi connectivity index (χ1) is 13.2. The molecule has 7 heteroatoms. The van der Waals surface area contributed by atoms with Crippen LogP contribution in [-0.4, -0.2) is 36.9 Å². The number of nitrogens with one attached hydrogen (secondary N) is 1. The van der Waals surface area contributed by atoms with Gasteiger partial charge in [-0.25, -0.2) is 0 Å². The maximum atomic E-state index is 13.2. The third-order valence-electron chi connectivity index (χ3n) is 5.21. The first-order valence-corrected chi connectivity index (χ1v) is 9.45. The highest BCUT2D eigenvalue weighted by atomic mass is 35.5. The van der Waals surface area contributed by atoms with E-state index in [9.17, 15) is 4.79 Å². The van der Waals surface area contributed by atoms with Gasteiger partial charge in [-0.15, -0.1) is 0 Å². The molecular weight excluding hydrogens is 368 g/mol. The van der Waals surface area contributed by atoms with Crippen LogP contribution >= 0.6 is 11.6 Å². The van der Waals surface area contributed by atoms with Gasteiger partial charge in [0.05, 0.1) is 16.7 Å². The number of nitrogens with zero attached hydrogens (tertiary/aromatic N) is 1. The van der Waals surface area contributed by atoms with E-state index >= 15 is 0 Å². The van der Waals surface area contributed by atoms with Crippen molar-refractivity contribution in [2.45, 2.75) is 25.1 Å². The molecule has 1 amide bonds. The Morgan fingerprint density at radius 3 is 2.96 bits per heavy atom. The normalized spacial score (nSPS) is 23.3. The lowest BCUT2D eigenvalue weighted by molar-refractivity contribution is 0.0427. The number of hydrogen-bond acceptors (Lipinski definition) is 5. The smallest absolute Gasteiger partial charge is 0.257 e. The van der Waals surface area contributed by atoms with Crippen LogP contribution in [0.3, 0.4) is 0 Å². The Labute approximate surface area is 162 Å². The van der Waals surface area contributed by atoms with E-state index in [1.54, 1.807) is 0 Å². The molecule has 3 aliphatic heterocycles. The molecule has 3 aliphatic rings. The second kappa shape index (κ2) is 6.62. The lowest BCUT2D eigenvalue weighted by Gasteiger charge is -2.39. The summed E-state index contributed by atoms with van der Waals surface area (Å²) >= 11 is 6.39. The van der Waals surface area contributed by atoms with Crippen molar-refractivity contribution in [3.63, 3.8) is 0 Å². The van der Waals surface area contributed by atoms with Crippen molar-refractivity contribution < 1.29 is 19.0 Å². The molecule has 1 N–H and O–H groups in total. The number of rotatable bonds is 3. The zero-order chi connectivity index (χ0) is 18.4. The highest BCUT2D eigenvalue weighted by Crippen LogP contribution is 2.43. The lowest BCUT2D eigenvalue weighted by atomic mass is 10.0. The van der Waals surface area contributed by atoms with Crippen molar-refractivity contribution >= 4 is 23.2 Å². The summed E-state index contributed by atoms with van der Waals surface area (Å²) in [5.74, 6) is 1.13. The Hall–Kier alpha value is -2.44. The van der Waals surface area contributed by atoms with E-state index in [1.807, 2.05) is 41.3 Å². The van der Waals surface area contributed by atoms with Crippen molar-refractivity contribution in [3.05, 3.63) is 52.5 Å². The van der Waals surface area contributed by atoms with E-state index in [1.165, 1.54) is 0 Å². The molecule has 0 aromatic heterocycles.